The summed E-state index contributed by atoms with van der Waals surface area (Å²) in [4.78, 5) is 19.8. The van der Waals surface area contributed by atoms with Crippen molar-refractivity contribution in [2.75, 3.05) is 5.32 Å². The van der Waals surface area contributed by atoms with Crippen molar-refractivity contribution in [3.8, 4) is 0 Å². The molecule has 0 unspecified atom stereocenters. The Bertz CT molecular complexity index is 525. The van der Waals surface area contributed by atoms with Crippen molar-refractivity contribution < 1.29 is 4.79 Å². The van der Waals surface area contributed by atoms with Crippen LogP contribution in [0, 0.1) is 0 Å². The lowest BCUT2D eigenvalue weighted by Crippen LogP contribution is -2.13. The second-order valence-electron chi connectivity index (χ2n) is 4.13. The van der Waals surface area contributed by atoms with Crippen LogP contribution >= 0.6 is 0 Å². The minimum Gasteiger partial charge on any atom is -0.324 e. The maximum Gasteiger partial charge on any atom is 0.224 e. The van der Waals surface area contributed by atoms with Crippen LogP contribution < -0.4 is 11.1 Å². The van der Waals surface area contributed by atoms with E-state index in [0.717, 1.165) is 5.56 Å². The van der Waals surface area contributed by atoms with E-state index in [1.54, 1.807) is 12.4 Å². The summed E-state index contributed by atoms with van der Waals surface area (Å²) in [6.45, 7) is 0.294. The second kappa shape index (κ2) is 6.61. The van der Waals surface area contributed by atoms with Crippen molar-refractivity contribution in [2.45, 2.75) is 19.4 Å². The van der Waals surface area contributed by atoms with E-state index in [1.165, 1.54) is 0 Å². The summed E-state index contributed by atoms with van der Waals surface area (Å²) in [6, 6.07) is 9.90. The topological polar surface area (TPSA) is 80.9 Å². The number of aromatic nitrogens is 2. The fourth-order valence-electron chi connectivity index (χ4n) is 1.65. The normalized spacial score (nSPS) is 10.2. The number of hydrogen-bond donors (Lipinski definition) is 2. The molecule has 1 aromatic carbocycles. The zero-order valence-electron chi connectivity index (χ0n) is 10.5. The van der Waals surface area contributed by atoms with Gasteiger partial charge < -0.3 is 11.1 Å². The molecule has 0 saturated carbocycles. The van der Waals surface area contributed by atoms with Crippen LogP contribution in [-0.4, -0.2) is 15.9 Å². The third-order valence-electron chi connectivity index (χ3n) is 2.66. The van der Waals surface area contributed by atoms with Crippen LogP contribution in [0.2, 0.25) is 0 Å². The molecule has 5 nitrogen and oxygen atoms in total. The highest BCUT2D eigenvalue weighted by molar-refractivity contribution is 5.90. The highest BCUT2D eigenvalue weighted by Crippen LogP contribution is 2.06. The lowest BCUT2D eigenvalue weighted by Gasteiger charge is -2.05. The van der Waals surface area contributed by atoms with Gasteiger partial charge in [-0.15, -0.1) is 0 Å². The average Bonchev–Trinajstić information content (AvgIpc) is 2.47. The summed E-state index contributed by atoms with van der Waals surface area (Å²) in [5.74, 6) is 0.509. The van der Waals surface area contributed by atoms with Gasteiger partial charge in [0.15, 0.2) is 0 Å². The fourth-order valence-corrected chi connectivity index (χ4v) is 1.65. The Hall–Kier alpha value is -2.27. The van der Waals surface area contributed by atoms with Gasteiger partial charge in [-0.3, -0.25) is 4.79 Å². The largest absolute Gasteiger partial charge is 0.324 e. The molecule has 19 heavy (non-hydrogen) atoms. The summed E-state index contributed by atoms with van der Waals surface area (Å²) in [5.41, 5.74) is 7.14. The van der Waals surface area contributed by atoms with Crippen molar-refractivity contribution in [1.29, 1.82) is 0 Å². The first-order valence-corrected chi connectivity index (χ1v) is 6.12. The Morgan fingerprint density at radius 3 is 2.47 bits per heavy atom. The van der Waals surface area contributed by atoms with Crippen LogP contribution in [0.15, 0.2) is 42.7 Å². The van der Waals surface area contributed by atoms with Gasteiger partial charge in [-0.25, -0.2) is 9.97 Å². The van der Waals surface area contributed by atoms with Gasteiger partial charge in [0, 0.05) is 6.42 Å². The Labute approximate surface area is 111 Å². The number of rotatable bonds is 5. The predicted octanol–water partition coefficient (Wildman–Crippen LogP) is 1.51. The Morgan fingerprint density at radius 2 is 1.84 bits per heavy atom. The SMILES string of the molecule is NCc1ncc(NC(=O)CCc2ccccc2)cn1. The number of hydrogen-bond acceptors (Lipinski definition) is 4. The third-order valence-corrected chi connectivity index (χ3v) is 2.66. The van der Waals surface area contributed by atoms with Crippen molar-refractivity contribution in [3.05, 3.63) is 54.1 Å². The highest BCUT2D eigenvalue weighted by atomic mass is 16.1. The number of anilines is 1. The number of nitrogens with one attached hydrogen (secondary N) is 1. The monoisotopic (exact) mass is 256 g/mol. The molecule has 1 amide bonds. The van der Waals surface area contributed by atoms with E-state index < -0.39 is 0 Å². The molecule has 1 heterocycles. The van der Waals surface area contributed by atoms with E-state index in [0.29, 0.717) is 30.9 Å². The molecule has 0 aliphatic heterocycles. The van der Waals surface area contributed by atoms with Crippen LogP contribution in [0.4, 0.5) is 5.69 Å². The van der Waals surface area contributed by atoms with Gasteiger partial charge in [0.05, 0.1) is 24.6 Å². The van der Waals surface area contributed by atoms with E-state index in [4.69, 9.17) is 5.73 Å². The number of benzene rings is 1. The molecule has 2 aromatic rings. The van der Waals surface area contributed by atoms with Gasteiger partial charge in [0.25, 0.3) is 0 Å². The lowest BCUT2D eigenvalue weighted by molar-refractivity contribution is -0.116. The van der Waals surface area contributed by atoms with Crippen molar-refractivity contribution in [1.82, 2.24) is 9.97 Å². The fraction of sp³-hybridized carbons (Fsp3) is 0.214. The summed E-state index contributed by atoms with van der Waals surface area (Å²) in [6.07, 6.45) is 4.28. The average molecular weight is 256 g/mol. The van der Waals surface area contributed by atoms with Crippen LogP contribution in [0.25, 0.3) is 0 Å². The molecule has 2 rings (SSSR count). The molecule has 1 aromatic heterocycles. The maximum atomic E-state index is 11.7. The summed E-state index contributed by atoms with van der Waals surface area (Å²) in [7, 11) is 0. The number of aryl methyl sites for hydroxylation is 1. The van der Waals surface area contributed by atoms with Crippen molar-refractivity contribution in [2.24, 2.45) is 5.73 Å². The molecule has 0 aliphatic carbocycles. The summed E-state index contributed by atoms with van der Waals surface area (Å²) in [5, 5.41) is 2.76. The van der Waals surface area contributed by atoms with Crippen LogP contribution in [0.5, 0.6) is 0 Å². The molecule has 3 N–H and O–H groups in total. The molecule has 0 atom stereocenters. The highest BCUT2D eigenvalue weighted by Gasteiger charge is 2.04. The van der Waals surface area contributed by atoms with Gasteiger partial charge in [-0.2, -0.15) is 0 Å². The smallest absolute Gasteiger partial charge is 0.224 e. The molecular formula is C14H16N4O. The molecule has 0 aliphatic rings. The molecule has 0 saturated heterocycles. The number of amides is 1. The summed E-state index contributed by atoms with van der Waals surface area (Å²) < 4.78 is 0. The zero-order chi connectivity index (χ0) is 13.5. The van der Waals surface area contributed by atoms with E-state index in [9.17, 15) is 4.79 Å². The van der Waals surface area contributed by atoms with E-state index in [2.05, 4.69) is 15.3 Å². The molecule has 98 valence electrons. The van der Waals surface area contributed by atoms with Crippen molar-refractivity contribution in [3.63, 3.8) is 0 Å². The first-order chi connectivity index (χ1) is 9.28. The Balaban J connectivity index is 1.83. The molecule has 5 heteroatoms. The second-order valence-corrected chi connectivity index (χ2v) is 4.13. The lowest BCUT2D eigenvalue weighted by atomic mass is 10.1. The number of carbonyl (C=O) groups excluding carboxylic acids is 1. The number of nitrogens with zero attached hydrogens (tertiary/aromatic N) is 2. The van der Waals surface area contributed by atoms with Crippen LogP contribution in [0.1, 0.15) is 17.8 Å². The third kappa shape index (κ3) is 4.15. The van der Waals surface area contributed by atoms with E-state index in [-0.39, 0.29) is 5.91 Å². The van der Waals surface area contributed by atoms with Gasteiger partial charge in [-0.05, 0) is 12.0 Å². The molecular weight excluding hydrogens is 240 g/mol. The van der Waals surface area contributed by atoms with Crippen LogP contribution in [-0.2, 0) is 17.8 Å². The standard InChI is InChI=1S/C14H16N4O/c15-8-13-16-9-12(10-17-13)18-14(19)7-6-11-4-2-1-3-5-11/h1-5,9-10H,6-8,15H2,(H,18,19). The molecule has 0 fully saturated rings. The quantitative estimate of drug-likeness (QED) is 0.849. The number of nitrogens with two attached hydrogens (primary N) is 1. The van der Waals surface area contributed by atoms with Gasteiger partial charge in [0.1, 0.15) is 5.82 Å². The number of carbonyl (C=O) groups is 1. The van der Waals surface area contributed by atoms with Gasteiger partial charge in [-0.1, -0.05) is 30.3 Å². The predicted molar refractivity (Wildman–Crippen MR) is 73.3 cm³/mol. The van der Waals surface area contributed by atoms with Crippen molar-refractivity contribution >= 4 is 11.6 Å². The van der Waals surface area contributed by atoms with Gasteiger partial charge in [0.2, 0.25) is 5.91 Å². The molecule has 0 bridgehead atoms. The maximum absolute atomic E-state index is 11.7. The van der Waals surface area contributed by atoms with Gasteiger partial charge >= 0.3 is 0 Å². The zero-order valence-corrected chi connectivity index (χ0v) is 10.5. The molecule has 0 spiro atoms. The Morgan fingerprint density at radius 1 is 1.16 bits per heavy atom. The Kier molecular flexibility index (Phi) is 4.58. The first kappa shape index (κ1) is 13.2. The summed E-state index contributed by atoms with van der Waals surface area (Å²) >= 11 is 0. The van der Waals surface area contributed by atoms with E-state index in [1.807, 2.05) is 30.3 Å². The molecule has 0 radical (unpaired) electrons. The minimum atomic E-state index is -0.0482. The first-order valence-electron chi connectivity index (χ1n) is 6.12. The minimum absolute atomic E-state index is 0.0482. The van der Waals surface area contributed by atoms with Crippen LogP contribution in [0.3, 0.4) is 0 Å². The van der Waals surface area contributed by atoms with E-state index >= 15 is 0 Å².